The summed E-state index contributed by atoms with van der Waals surface area (Å²) in [6, 6.07) is 26.0. The highest BCUT2D eigenvalue weighted by Gasteiger charge is 2.08. The maximum atomic E-state index is 3.05. The lowest BCUT2D eigenvalue weighted by molar-refractivity contribution is 1.66. The van der Waals surface area contributed by atoms with Crippen molar-refractivity contribution >= 4 is 0 Å². The van der Waals surface area contributed by atoms with Crippen molar-refractivity contribution in [3.63, 3.8) is 0 Å². The third-order valence-electron chi connectivity index (χ3n) is 2.82. The lowest BCUT2D eigenvalue weighted by Gasteiger charge is -2.01. The Balaban J connectivity index is 2.22. The van der Waals surface area contributed by atoms with Gasteiger partial charge in [-0.15, -0.1) is 0 Å². The van der Waals surface area contributed by atoms with Crippen LogP contribution in [0.4, 0.5) is 0 Å². The number of rotatable bonds is 1. The second kappa shape index (κ2) is 3.82. The van der Waals surface area contributed by atoms with Crippen LogP contribution in [0, 0.1) is 6.07 Å². The molecule has 0 aliphatic heterocycles. The Morgan fingerprint density at radius 3 is 2.12 bits per heavy atom. The minimum atomic E-state index is 1.25. The van der Waals surface area contributed by atoms with Gasteiger partial charge in [0.15, 0.2) is 0 Å². The molecule has 0 atom stereocenters. The predicted molar refractivity (Wildman–Crippen MR) is 67.3 cm³/mol. The van der Waals surface area contributed by atoms with Crippen LogP contribution in [0.25, 0.3) is 22.3 Å². The number of hydrogen-bond acceptors (Lipinski definition) is 0. The van der Waals surface area contributed by atoms with Gasteiger partial charge < -0.3 is 0 Å². The Morgan fingerprint density at radius 1 is 0.562 bits per heavy atom. The lowest BCUT2D eigenvalue weighted by Crippen LogP contribution is -1.75. The van der Waals surface area contributed by atoms with Gasteiger partial charge in [-0.05, 0) is 28.3 Å². The van der Waals surface area contributed by atoms with Crippen molar-refractivity contribution in [2.24, 2.45) is 0 Å². The molecule has 0 saturated heterocycles. The monoisotopic (exact) mass is 203 g/mol. The highest BCUT2D eigenvalue weighted by Crippen LogP contribution is 2.34. The fraction of sp³-hybridized carbons (Fsp3) is 0. The van der Waals surface area contributed by atoms with Gasteiger partial charge in [0.05, 0.1) is 0 Å². The van der Waals surface area contributed by atoms with E-state index in [1.54, 1.807) is 0 Å². The third kappa shape index (κ3) is 1.49. The number of hydrogen-bond donors (Lipinski definition) is 0. The van der Waals surface area contributed by atoms with Crippen LogP contribution in [0.15, 0.2) is 66.7 Å². The molecule has 2 aliphatic carbocycles. The lowest BCUT2D eigenvalue weighted by atomic mass is 10.0. The highest BCUT2D eigenvalue weighted by molar-refractivity contribution is 5.86. The summed E-state index contributed by atoms with van der Waals surface area (Å²) >= 11 is 0. The fourth-order valence-electron chi connectivity index (χ4n) is 2.03. The average Bonchev–Trinajstić information content (AvgIpc) is 2.60. The van der Waals surface area contributed by atoms with Gasteiger partial charge in [0.25, 0.3) is 0 Å². The zero-order valence-corrected chi connectivity index (χ0v) is 8.85. The summed E-state index contributed by atoms with van der Waals surface area (Å²) in [5, 5.41) is 0. The van der Waals surface area contributed by atoms with Crippen LogP contribution in [0.5, 0.6) is 0 Å². The third-order valence-corrected chi connectivity index (χ3v) is 2.82. The molecule has 1 aromatic carbocycles. The SMILES string of the molecule is [c]1ccc(-c2ccc3cccccc2-3)cc1. The van der Waals surface area contributed by atoms with E-state index < -0.39 is 0 Å². The van der Waals surface area contributed by atoms with Crippen LogP contribution < -0.4 is 0 Å². The van der Waals surface area contributed by atoms with Crippen molar-refractivity contribution in [2.45, 2.75) is 0 Å². The van der Waals surface area contributed by atoms with E-state index in [0.29, 0.717) is 0 Å². The zero-order valence-electron chi connectivity index (χ0n) is 8.85. The van der Waals surface area contributed by atoms with Gasteiger partial charge in [0, 0.05) is 0 Å². The molecule has 0 nitrogen and oxygen atoms in total. The first-order valence-corrected chi connectivity index (χ1v) is 5.39. The maximum Gasteiger partial charge on any atom is -0.0105 e. The molecule has 3 rings (SSSR count). The van der Waals surface area contributed by atoms with Crippen molar-refractivity contribution in [3.8, 4) is 22.3 Å². The Bertz CT molecular complexity index is 567. The Hall–Kier alpha value is -2.08. The van der Waals surface area contributed by atoms with E-state index >= 15 is 0 Å². The second-order valence-corrected chi connectivity index (χ2v) is 3.82. The Kier molecular flexibility index (Phi) is 2.19. The summed E-state index contributed by atoms with van der Waals surface area (Å²) in [7, 11) is 0. The first-order chi connectivity index (χ1) is 7.95. The first kappa shape index (κ1) is 9.17. The molecule has 0 unspecified atom stereocenters. The van der Waals surface area contributed by atoms with Crippen LogP contribution >= 0.6 is 0 Å². The van der Waals surface area contributed by atoms with Gasteiger partial charge in [0.1, 0.15) is 0 Å². The molecule has 0 aromatic heterocycles. The molecule has 0 amide bonds. The van der Waals surface area contributed by atoms with Gasteiger partial charge in [-0.3, -0.25) is 0 Å². The van der Waals surface area contributed by atoms with Crippen molar-refractivity contribution in [3.05, 3.63) is 72.8 Å². The zero-order chi connectivity index (χ0) is 10.8. The van der Waals surface area contributed by atoms with Crippen molar-refractivity contribution < 1.29 is 0 Å². The van der Waals surface area contributed by atoms with E-state index in [1.165, 1.54) is 22.3 Å². The van der Waals surface area contributed by atoms with E-state index in [-0.39, 0.29) is 0 Å². The predicted octanol–water partition coefficient (Wildman–Crippen LogP) is 4.26. The van der Waals surface area contributed by atoms with Crippen LogP contribution in [-0.2, 0) is 0 Å². The number of fused-ring (bicyclic) bond motifs is 1. The highest BCUT2D eigenvalue weighted by atomic mass is 14.1. The fourth-order valence-corrected chi connectivity index (χ4v) is 2.03. The Morgan fingerprint density at radius 2 is 1.25 bits per heavy atom. The molecule has 1 aromatic rings. The van der Waals surface area contributed by atoms with Crippen LogP contribution in [-0.4, -0.2) is 0 Å². The molecule has 0 heterocycles. The smallest absolute Gasteiger partial charge is 0.0105 e. The normalized spacial score (nSPS) is 10.5. The molecular formula is C16H11. The minimum Gasteiger partial charge on any atom is -0.0622 e. The topological polar surface area (TPSA) is 0 Å². The van der Waals surface area contributed by atoms with Gasteiger partial charge in [-0.1, -0.05) is 66.7 Å². The van der Waals surface area contributed by atoms with Gasteiger partial charge in [-0.25, -0.2) is 0 Å². The molecule has 0 bridgehead atoms. The maximum absolute atomic E-state index is 3.05. The van der Waals surface area contributed by atoms with E-state index in [9.17, 15) is 0 Å². The summed E-state index contributed by atoms with van der Waals surface area (Å²) in [5.74, 6) is 0. The van der Waals surface area contributed by atoms with Gasteiger partial charge in [0.2, 0.25) is 0 Å². The van der Waals surface area contributed by atoms with E-state index in [2.05, 4.69) is 60.7 Å². The summed E-state index contributed by atoms with van der Waals surface area (Å²) in [4.78, 5) is 0. The molecule has 16 heavy (non-hydrogen) atoms. The van der Waals surface area contributed by atoms with Gasteiger partial charge in [-0.2, -0.15) is 0 Å². The van der Waals surface area contributed by atoms with Gasteiger partial charge >= 0.3 is 0 Å². The molecule has 0 saturated carbocycles. The second-order valence-electron chi connectivity index (χ2n) is 3.82. The molecular weight excluding hydrogens is 192 g/mol. The van der Waals surface area contributed by atoms with Crippen LogP contribution in [0.1, 0.15) is 0 Å². The van der Waals surface area contributed by atoms with Crippen molar-refractivity contribution in [1.82, 2.24) is 0 Å². The summed E-state index contributed by atoms with van der Waals surface area (Å²) in [5.41, 5.74) is 5.13. The van der Waals surface area contributed by atoms with Crippen LogP contribution in [0.2, 0.25) is 0 Å². The largest absolute Gasteiger partial charge is 0.0622 e. The molecule has 0 spiro atoms. The van der Waals surface area contributed by atoms with Crippen LogP contribution in [0.3, 0.4) is 0 Å². The molecule has 0 N–H and O–H groups in total. The van der Waals surface area contributed by atoms with Crippen molar-refractivity contribution in [2.75, 3.05) is 0 Å². The van der Waals surface area contributed by atoms with E-state index in [0.717, 1.165) is 0 Å². The minimum absolute atomic E-state index is 1.25. The average molecular weight is 203 g/mol. The standard InChI is InChI=1S/C16H11/c1-3-7-13(8-4-1)16-12-11-14-9-5-2-6-10-15(14)16/h2-12H. The van der Waals surface area contributed by atoms with E-state index in [4.69, 9.17) is 0 Å². The summed E-state index contributed by atoms with van der Waals surface area (Å²) in [6.07, 6.45) is 0. The summed E-state index contributed by atoms with van der Waals surface area (Å²) in [6.45, 7) is 0. The first-order valence-electron chi connectivity index (χ1n) is 5.39. The molecule has 2 aliphatic rings. The Labute approximate surface area is 95.5 Å². The van der Waals surface area contributed by atoms with Crippen molar-refractivity contribution in [1.29, 1.82) is 0 Å². The van der Waals surface area contributed by atoms with E-state index in [1.807, 2.05) is 12.1 Å². The quantitative estimate of drug-likeness (QED) is 0.554. The molecule has 1 radical (unpaired) electrons. The molecule has 0 heteroatoms. The summed E-state index contributed by atoms with van der Waals surface area (Å²) < 4.78 is 0. The molecule has 0 fully saturated rings. The number of benzene rings is 1. The molecule has 75 valence electrons.